The van der Waals surface area contributed by atoms with E-state index in [-0.39, 0.29) is 18.2 Å². The first-order valence-electron chi connectivity index (χ1n) is 9.86. The Morgan fingerprint density at radius 2 is 1.87 bits per heavy atom. The highest BCUT2D eigenvalue weighted by Crippen LogP contribution is 2.24. The number of aliphatic imine (C=N–C) groups is 1. The number of methoxy groups -OCH3 is 2. The van der Waals surface area contributed by atoms with Crippen LogP contribution in [0.15, 0.2) is 41.4 Å². The van der Waals surface area contributed by atoms with Gasteiger partial charge in [-0.1, -0.05) is 0 Å². The lowest BCUT2D eigenvalue weighted by molar-refractivity contribution is 0.321. The van der Waals surface area contributed by atoms with Gasteiger partial charge in [-0.05, 0) is 42.3 Å². The van der Waals surface area contributed by atoms with Gasteiger partial charge in [-0.3, -0.25) is 9.89 Å². The molecule has 0 amide bonds. The number of hydrogen-bond acceptors (Lipinski definition) is 4. The van der Waals surface area contributed by atoms with Crippen LogP contribution < -0.4 is 20.1 Å². The van der Waals surface area contributed by atoms with Crippen molar-refractivity contribution in [2.75, 3.05) is 34.4 Å². The average Bonchev–Trinajstić information content (AvgIpc) is 3.19. The Labute approximate surface area is 175 Å². The lowest BCUT2D eigenvalue weighted by atomic mass is 10.2. The van der Waals surface area contributed by atoms with Crippen LogP contribution in [0.1, 0.15) is 17.5 Å². The van der Waals surface area contributed by atoms with E-state index in [2.05, 4.69) is 20.5 Å². The van der Waals surface area contributed by atoms with Gasteiger partial charge in [0.2, 0.25) is 0 Å². The largest absolute Gasteiger partial charge is 0.497 e. The van der Waals surface area contributed by atoms with Gasteiger partial charge < -0.3 is 20.1 Å². The molecule has 0 bridgehead atoms. The molecule has 0 radical (unpaired) electrons. The summed E-state index contributed by atoms with van der Waals surface area (Å²) in [6.07, 6.45) is 0.954. The lowest BCUT2D eigenvalue weighted by Gasteiger charge is -2.19. The van der Waals surface area contributed by atoms with Crippen LogP contribution in [0.4, 0.5) is 8.78 Å². The molecule has 162 valence electrons. The van der Waals surface area contributed by atoms with Crippen molar-refractivity contribution in [3.63, 3.8) is 0 Å². The Morgan fingerprint density at radius 3 is 2.53 bits per heavy atom. The van der Waals surface area contributed by atoms with Gasteiger partial charge in [-0.15, -0.1) is 0 Å². The van der Waals surface area contributed by atoms with E-state index in [1.807, 2.05) is 18.2 Å². The molecule has 0 aromatic heterocycles. The maximum Gasteiger partial charge on any atom is 0.191 e. The van der Waals surface area contributed by atoms with Crippen molar-refractivity contribution in [2.24, 2.45) is 4.99 Å². The average molecular weight is 418 g/mol. The van der Waals surface area contributed by atoms with Crippen molar-refractivity contribution in [3.05, 3.63) is 59.2 Å². The fourth-order valence-electron chi connectivity index (χ4n) is 3.56. The van der Waals surface area contributed by atoms with Crippen LogP contribution in [0.2, 0.25) is 0 Å². The van der Waals surface area contributed by atoms with E-state index in [1.165, 1.54) is 6.07 Å². The standard InChI is InChI=1S/C22H28F2N4O2/c1-25-22(26-12-16-10-17(23)4-5-21(16)24)27-18-6-7-28(14-18)13-15-8-19(29-2)11-20(9-15)30-3/h4-5,8-11,18H,6-7,12-14H2,1-3H3,(H2,25,26,27). The van der Waals surface area contributed by atoms with Gasteiger partial charge in [-0.2, -0.15) is 0 Å². The molecule has 6 nitrogen and oxygen atoms in total. The highest BCUT2D eigenvalue weighted by molar-refractivity contribution is 5.80. The van der Waals surface area contributed by atoms with Crippen LogP contribution in [-0.2, 0) is 13.1 Å². The summed E-state index contributed by atoms with van der Waals surface area (Å²) >= 11 is 0. The zero-order chi connectivity index (χ0) is 21.5. The summed E-state index contributed by atoms with van der Waals surface area (Å²) in [6, 6.07) is 9.52. The maximum absolute atomic E-state index is 13.8. The van der Waals surface area contributed by atoms with Crippen LogP contribution >= 0.6 is 0 Å². The number of likely N-dealkylation sites (tertiary alicyclic amines) is 1. The molecule has 0 spiro atoms. The summed E-state index contributed by atoms with van der Waals surface area (Å²) in [5.74, 6) is 1.20. The van der Waals surface area contributed by atoms with E-state index in [1.54, 1.807) is 21.3 Å². The van der Waals surface area contributed by atoms with Crippen molar-refractivity contribution in [1.29, 1.82) is 0 Å². The minimum absolute atomic E-state index is 0.156. The second-order valence-corrected chi connectivity index (χ2v) is 7.25. The van der Waals surface area contributed by atoms with Crippen LogP contribution in [-0.4, -0.2) is 51.3 Å². The lowest BCUT2D eigenvalue weighted by Crippen LogP contribution is -2.44. The number of hydrogen-bond donors (Lipinski definition) is 2. The molecule has 1 aliphatic rings. The highest BCUT2D eigenvalue weighted by Gasteiger charge is 2.23. The molecule has 1 saturated heterocycles. The molecule has 8 heteroatoms. The molecule has 2 aromatic carbocycles. The predicted octanol–water partition coefficient (Wildman–Crippen LogP) is 2.92. The van der Waals surface area contributed by atoms with E-state index in [0.717, 1.165) is 55.3 Å². The summed E-state index contributed by atoms with van der Waals surface area (Å²) in [4.78, 5) is 6.54. The van der Waals surface area contributed by atoms with Gasteiger partial charge in [0.15, 0.2) is 5.96 Å². The van der Waals surface area contributed by atoms with Gasteiger partial charge in [0, 0.05) is 50.9 Å². The topological polar surface area (TPSA) is 58.1 Å². The molecule has 1 fully saturated rings. The summed E-state index contributed by atoms with van der Waals surface area (Å²) in [7, 11) is 4.94. The van der Waals surface area contributed by atoms with Gasteiger partial charge in [-0.25, -0.2) is 8.78 Å². The molecule has 0 aliphatic carbocycles. The second-order valence-electron chi connectivity index (χ2n) is 7.25. The van der Waals surface area contributed by atoms with Crippen molar-refractivity contribution < 1.29 is 18.3 Å². The number of rotatable bonds is 7. The quantitative estimate of drug-likeness (QED) is 0.535. The molecule has 2 aromatic rings. The van der Waals surface area contributed by atoms with E-state index < -0.39 is 11.6 Å². The predicted molar refractivity (Wildman–Crippen MR) is 113 cm³/mol. The van der Waals surface area contributed by atoms with Crippen LogP contribution in [0.25, 0.3) is 0 Å². The van der Waals surface area contributed by atoms with Gasteiger partial charge in [0.1, 0.15) is 23.1 Å². The summed E-state index contributed by atoms with van der Waals surface area (Å²) in [6.45, 7) is 2.72. The minimum Gasteiger partial charge on any atom is -0.497 e. The first-order chi connectivity index (χ1) is 14.5. The summed E-state index contributed by atoms with van der Waals surface area (Å²) in [5.41, 5.74) is 1.38. The highest BCUT2D eigenvalue weighted by atomic mass is 19.1. The molecular formula is C22H28F2N4O2. The molecule has 1 atom stereocenters. The van der Waals surface area contributed by atoms with Gasteiger partial charge in [0.05, 0.1) is 14.2 Å². The van der Waals surface area contributed by atoms with E-state index >= 15 is 0 Å². The van der Waals surface area contributed by atoms with Crippen molar-refractivity contribution >= 4 is 5.96 Å². The summed E-state index contributed by atoms with van der Waals surface area (Å²) < 4.78 is 37.8. The Hall–Kier alpha value is -2.87. The zero-order valence-electron chi connectivity index (χ0n) is 17.5. The third-order valence-corrected chi connectivity index (χ3v) is 5.11. The van der Waals surface area contributed by atoms with E-state index in [4.69, 9.17) is 9.47 Å². The first-order valence-corrected chi connectivity index (χ1v) is 9.86. The van der Waals surface area contributed by atoms with Crippen molar-refractivity contribution in [1.82, 2.24) is 15.5 Å². The number of nitrogens with zero attached hydrogens (tertiary/aromatic N) is 2. The number of ether oxygens (including phenoxy) is 2. The normalized spacial score (nSPS) is 17.1. The SMILES string of the molecule is CN=C(NCc1cc(F)ccc1F)NC1CCN(Cc2cc(OC)cc(OC)c2)C1. The number of guanidine groups is 1. The van der Waals surface area contributed by atoms with Crippen LogP contribution in [0.5, 0.6) is 11.5 Å². The third kappa shape index (κ3) is 5.82. The number of benzene rings is 2. The molecule has 1 aliphatic heterocycles. The Morgan fingerprint density at radius 1 is 1.13 bits per heavy atom. The summed E-state index contributed by atoms with van der Waals surface area (Å²) in [5, 5.41) is 6.42. The molecule has 1 unspecified atom stereocenters. The second kappa shape index (κ2) is 10.2. The first kappa shape index (κ1) is 21.8. The maximum atomic E-state index is 13.8. The Bertz CT molecular complexity index is 869. The van der Waals surface area contributed by atoms with E-state index in [9.17, 15) is 8.78 Å². The fourth-order valence-corrected chi connectivity index (χ4v) is 3.56. The third-order valence-electron chi connectivity index (χ3n) is 5.11. The van der Waals surface area contributed by atoms with Gasteiger partial charge >= 0.3 is 0 Å². The molecular weight excluding hydrogens is 390 g/mol. The number of nitrogens with one attached hydrogen (secondary N) is 2. The van der Waals surface area contributed by atoms with Crippen LogP contribution in [0.3, 0.4) is 0 Å². The number of halogens is 2. The van der Waals surface area contributed by atoms with Gasteiger partial charge in [0.25, 0.3) is 0 Å². The van der Waals surface area contributed by atoms with E-state index in [0.29, 0.717) is 5.96 Å². The molecule has 0 saturated carbocycles. The minimum atomic E-state index is -0.461. The molecule has 30 heavy (non-hydrogen) atoms. The van der Waals surface area contributed by atoms with Crippen molar-refractivity contribution in [2.45, 2.75) is 25.6 Å². The Kier molecular flexibility index (Phi) is 7.46. The van der Waals surface area contributed by atoms with Crippen molar-refractivity contribution in [3.8, 4) is 11.5 Å². The smallest absolute Gasteiger partial charge is 0.191 e. The zero-order valence-corrected chi connectivity index (χ0v) is 17.5. The molecule has 3 rings (SSSR count). The molecule has 2 N–H and O–H groups in total. The monoisotopic (exact) mass is 418 g/mol. The molecule has 1 heterocycles. The fraction of sp³-hybridized carbons (Fsp3) is 0.409. The Balaban J connectivity index is 1.53. The van der Waals surface area contributed by atoms with Crippen LogP contribution in [0, 0.1) is 11.6 Å².